The van der Waals surface area contributed by atoms with E-state index in [1.807, 2.05) is 0 Å². The van der Waals surface area contributed by atoms with E-state index < -0.39 is 34.2 Å². The van der Waals surface area contributed by atoms with Crippen molar-refractivity contribution in [2.75, 3.05) is 0 Å². The molecule has 0 aliphatic carbocycles. The lowest BCUT2D eigenvalue weighted by Gasteiger charge is -2.26. The van der Waals surface area contributed by atoms with Crippen molar-refractivity contribution in [3.05, 3.63) is 58.3 Å². The van der Waals surface area contributed by atoms with E-state index >= 15 is 0 Å². The van der Waals surface area contributed by atoms with Gasteiger partial charge in [-0.05, 0) is 19.1 Å². The van der Waals surface area contributed by atoms with Crippen molar-refractivity contribution >= 4 is 21.9 Å². The van der Waals surface area contributed by atoms with E-state index in [1.165, 1.54) is 12.1 Å². The second kappa shape index (κ2) is 7.11. The number of aromatic hydroxyl groups is 4. The summed E-state index contributed by atoms with van der Waals surface area (Å²) in [4.78, 5) is 13.2. The van der Waals surface area contributed by atoms with Crippen molar-refractivity contribution in [3.63, 3.8) is 0 Å². The van der Waals surface area contributed by atoms with Crippen LogP contribution in [0.2, 0.25) is 0 Å². The van der Waals surface area contributed by atoms with Crippen LogP contribution in [0.25, 0.3) is 21.9 Å². The monoisotopic (exact) mass is 412 g/mol. The Morgan fingerprint density at radius 3 is 2.33 bits per heavy atom. The van der Waals surface area contributed by atoms with Crippen LogP contribution in [0.1, 0.15) is 31.9 Å². The maximum atomic E-state index is 13.2. The molecule has 0 saturated carbocycles. The lowest BCUT2D eigenvalue weighted by atomic mass is 9.80. The molecule has 0 amide bonds. The smallest absolute Gasteiger partial charge is 0.204 e. The van der Waals surface area contributed by atoms with Crippen LogP contribution in [0.3, 0.4) is 0 Å². The fraction of sp³-hybridized carbons (Fsp3) is 0.261. The number of fused-ring (bicyclic) bond motifs is 2. The lowest BCUT2D eigenvalue weighted by molar-refractivity contribution is 0.209. The minimum absolute atomic E-state index is 0.0300. The molecule has 30 heavy (non-hydrogen) atoms. The minimum atomic E-state index is -1.06. The maximum Gasteiger partial charge on any atom is 0.204 e. The number of aliphatic hydroxyl groups excluding tert-OH is 1. The summed E-state index contributed by atoms with van der Waals surface area (Å²) in [6, 6.07) is 2.40. The van der Waals surface area contributed by atoms with Gasteiger partial charge in [-0.2, -0.15) is 0 Å². The summed E-state index contributed by atoms with van der Waals surface area (Å²) < 4.78 is 5.77. The first-order valence-electron chi connectivity index (χ1n) is 9.28. The van der Waals surface area contributed by atoms with E-state index in [1.54, 1.807) is 20.8 Å². The first-order chi connectivity index (χ1) is 13.9. The third-order valence-corrected chi connectivity index (χ3v) is 5.41. The Balaban J connectivity index is 2.60. The molecule has 1 aromatic heterocycles. The van der Waals surface area contributed by atoms with E-state index in [4.69, 9.17) is 4.42 Å². The molecule has 7 heteroatoms. The zero-order valence-electron chi connectivity index (χ0n) is 17.0. The highest BCUT2D eigenvalue weighted by Crippen LogP contribution is 2.47. The zero-order valence-corrected chi connectivity index (χ0v) is 17.0. The third kappa shape index (κ3) is 3.07. The van der Waals surface area contributed by atoms with Gasteiger partial charge in [0, 0.05) is 23.0 Å². The van der Waals surface area contributed by atoms with Gasteiger partial charge in [0.2, 0.25) is 11.2 Å². The molecule has 1 heterocycles. The molecule has 7 nitrogen and oxygen atoms in total. The molecule has 0 fully saturated rings. The van der Waals surface area contributed by atoms with Crippen molar-refractivity contribution in [3.8, 4) is 23.0 Å². The van der Waals surface area contributed by atoms with Crippen LogP contribution in [0.15, 0.2) is 46.2 Å². The van der Waals surface area contributed by atoms with Crippen LogP contribution in [0.4, 0.5) is 0 Å². The molecule has 0 aliphatic heterocycles. The first kappa shape index (κ1) is 21.3. The quantitative estimate of drug-likeness (QED) is 0.245. The van der Waals surface area contributed by atoms with Gasteiger partial charge in [-0.15, -0.1) is 6.58 Å². The number of aliphatic hydroxyl groups is 1. The Kier molecular flexibility index (Phi) is 5.04. The number of phenols is 4. The molecule has 1 atom stereocenters. The van der Waals surface area contributed by atoms with Gasteiger partial charge in [-0.25, -0.2) is 0 Å². The maximum absolute atomic E-state index is 13.2. The second-order valence-corrected chi connectivity index (χ2v) is 7.99. The van der Waals surface area contributed by atoms with Crippen molar-refractivity contribution < 1.29 is 29.9 Å². The van der Waals surface area contributed by atoms with Crippen molar-refractivity contribution in [1.29, 1.82) is 0 Å². The van der Waals surface area contributed by atoms with E-state index in [0.717, 1.165) is 6.07 Å². The third-order valence-electron chi connectivity index (χ3n) is 5.41. The second-order valence-electron chi connectivity index (χ2n) is 7.99. The normalized spacial score (nSPS) is 12.9. The summed E-state index contributed by atoms with van der Waals surface area (Å²) in [5, 5.41) is 51.9. The van der Waals surface area contributed by atoms with Crippen LogP contribution < -0.4 is 5.43 Å². The van der Waals surface area contributed by atoms with E-state index in [0.29, 0.717) is 5.57 Å². The Labute approximate surface area is 172 Å². The number of phenolic OH excluding ortho intramolecular Hbond substituents is 4. The van der Waals surface area contributed by atoms with Crippen LogP contribution in [-0.4, -0.2) is 31.6 Å². The van der Waals surface area contributed by atoms with Gasteiger partial charge in [0.05, 0.1) is 11.5 Å². The Bertz CT molecular complexity index is 1260. The molecule has 3 aromatic rings. The number of hydrogen-bond donors (Lipinski definition) is 5. The summed E-state index contributed by atoms with van der Waals surface area (Å²) >= 11 is 0. The molecule has 0 spiro atoms. The molecule has 0 unspecified atom stereocenters. The number of allylic oxidation sites excluding steroid dienone is 1. The molecular weight excluding hydrogens is 388 g/mol. The summed E-state index contributed by atoms with van der Waals surface area (Å²) in [6.07, 6.45) is 0.290. The Hall–Kier alpha value is -3.45. The molecule has 2 aromatic carbocycles. The average molecular weight is 412 g/mol. The van der Waals surface area contributed by atoms with Gasteiger partial charge in [0.25, 0.3) is 0 Å². The molecule has 0 aliphatic rings. The number of rotatable bonds is 5. The predicted octanol–water partition coefficient (Wildman–Crippen LogP) is 3.71. The van der Waals surface area contributed by atoms with Gasteiger partial charge in [-0.1, -0.05) is 32.1 Å². The van der Waals surface area contributed by atoms with E-state index in [9.17, 15) is 30.3 Å². The van der Waals surface area contributed by atoms with E-state index in [-0.39, 0.29) is 45.2 Å². The predicted molar refractivity (Wildman–Crippen MR) is 114 cm³/mol. The fourth-order valence-electron chi connectivity index (χ4n) is 3.41. The average Bonchev–Trinajstić information content (AvgIpc) is 2.67. The first-order valence-corrected chi connectivity index (χ1v) is 9.28. The topological polar surface area (TPSA) is 131 Å². The highest BCUT2D eigenvalue weighted by atomic mass is 16.4. The number of hydrogen-bond acceptors (Lipinski definition) is 7. The van der Waals surface area contributed by atoms with Crippen molar-refractivity contribution in [2.45, 2.75) is 38.7 Å². The standard InChI is InChI=1S/C23H24O7/c1-6-23(4,5)16-19(28)12(9-14(25)10(2)3)18(27)15-17(26)11-7-8-13(24)20(29)21(11)30-22(15)16/h6-8,14,24-25,27-29H,1-2,9H2,3-5H3/t14-/m1/s1. The van der Waals surface area contributed by atoms with Crippen molar-refractivity contribution in [2.24, 2.45) is 0 Å². The van der Waals surface area contributed by atoms with Crippen LogP contribution in [0.5, 0.6) is 23.0 Å². The van der Waals surface area contributed by atoms with Gasteiger partial charge in [0.1, 0.15) is 22.5 Å². The summed E-state index contributed by atoms with van der Waals surface area (Å²) in [7, 11) is 0. The fourth-order valence-corrected chi connectivity index (χ4v) is 3.41. The lowest BCUT2D eigenvalue weighted by Crippen LogP contribution is -2.18. The largest absolute Gasteiger partial charge is 0.507 e. The summed E-state index contributed by atoms with van der Waals surface area (Å²) in [5.74, 6) is -2.01. The molecule has 0 saturated heterocycles. The molecule has 0 radical (unpaired) electrons. The molecule has 158 valence electrons. The van der Waals surface area contributed by atoms with Gasteiger partial charge < -0.3 is 29.9 Å². The molecule has 3 rings (SSSR count). The van der Waals surface area contributed by atoms with Crippen LogP contribution in [-0.2, 0) is 11.8 Å². The Morgan fingerprint density at radius 2 is 1.77 bits per heavy atom. The minimum Gasteiger partial charge on any atom is -0.507 e. The van der Waals surface area contributed by atoms with Gasteiger partial charge >= 0.3 is 0 Å². The summed E-state index contributed by atoms with van der Waals surface area (Å²) in [6.45, 7) is 12.5. The van der Waals surface area contributed by atoms with Crippen molar-refractivity contribution in [1.82, 2.24) is 0 Å². The van der Waals surface area contributed by atoms with Gasteiger partial charge in [0.15, 0.2) is 11.3 Å². The van der Waals surface area contributed by atoms with Crippen LogP contribution >= 0.6 is 0 Å². The Morgan fingerprint density at radius 1 is 1.13 bits per heavy atom. The highest BCUT2D eigenvalue weighted by Gasteiger charge is 2.32. The highest BCUT2D eigenvalue weighted by molar-refractivity contribution is 5.99. The van der Waals surface area contributed by atoms with Crippen LogP contribution in [0, 0.1) is 0 Å². The molecular formula is C23H24O7. The van der Waals surface area contributed by atoms with E-state index in [2.05, 4.69) is 13.2 Å². The number of benzene rings is 2. The van der Waals surface area contributed by atoms with Gasteiger partial charge in [-0.3, -0.25) is 4.79 Å². The molecule has 0 bridgehead atoms. The molecule has 5 N–H and O–H groups in total. The summed E-state index contributed by atoms with van der Waals surface area (Å²) in [5.41, 5.74) is -1.47. The SMILES string of the molecule is C=CC(C)(C)c1c(O)c(C[C@@H](O)C(=C)C)c(O)c2c(=O)c3ccc(O)c(O)c3oc12. The zero-order chi connectivity index (χ0) is 22.5.